The Balaban J connectivity index is 2.35. The van der Waals surface area contributed by atoms with Gasteiger partial charge in [0.1, 0.15) is 6.61 Å². The average molecular weight is 208 g/mol. The first kappa shape index (κ1) is 11.0. The number of nitrogens with two attached hydrogens (primary N) is 1. The number of aliphatic imine (C=N–C) groups is 1. The van der Waals surface area contributed by atoms with Crippen LogP contribution in [-0.4, -0.2) is 19.2 Å². The third-order valence-corrected chi connectivity index (χ3v) is 1.61. The second-order valence-corrected chi connectivity index (χ2v) is 2.69. The molecule has 0 fully saturated rings. The maximum absolute atomic E-state index is 11.0. The fraction of sp³-hybridized carbons (Fsp3) is 0.200. The topological polar surface area (TPSA) is 73.9 Å². The number of carbonyl (C=O) groups excluding carboxylic acids is 1. The highest BCUT2D eigenvalue weighted by atomic mass is 16.7. The van der Waals surface area contributed by atoms with Crippen molar-refractivity contribution in [2.75, 3.05) is 7.05 Å². The molecule has 0 saturated heterocycles. The maximum atomic E-state index is 11.0. The number of hydrogen-bond donors (Lipinski definition) is 1. The summed E-state index contributed by atoms with van der Waals surface area (Å²) in [5.41, 5.74) is 6.05. The molecule has 80 valence electrons. The van der Waals surface area contributed by atoms with Gasteiger partial charge in [-0.1, -0.05) is 30.3 Å². The van der Waals surface area contributed by atoms with E-state index in [0.717, 1.165) is 5.56 Å². The first-order valence-electron chi connectivity index (χ1n) is 4.33. The highest BCUT2D eigenvalue weighted by molar-refractivity contribution is 5.82. The van der Waals surface area contributed by atoms with Gasteiger partial charge in [0, 0.05) is 7.05 Å². The van der Waals surface area contributed by atoms with Crippen LogP contribution in [-0.2, 0) is 16.1 Å². The van der Waals surface area contributed by atoms with Crippen molar-refractivity contribution in [1.82, 2.24) is 0 Å². The van der Waals surface area contributed by atoms with Crippen LogP contribution in [0.15, 0.2) is 35.3 Å². The van der Waals surface area contributed by atoms with Crippen LogP contribution in [0.1, 0.15) is 5.56 Å². The molecule has 0 aliphatic rings. The molecule has 15 heavy (non-hydrogen) atoms. The average Bonchev–Trinajstić information content (AvgIpc) is 2.27. The molecule has 5 heteroatoms. The second kappa shape index (κ2) is 5.64. The van der Waals surface area contributed by atoms with Crippen LogP contribution in [0.4, 0.5) is 4.79 Å². The lowest BCUT2D eigenvalue weighted by Crippen LogP contribution is -2.21. The molecule has 0 bridgehead atoms. The zero-order chi connectivity index (χ0) is 11.1. The minimum absolute atomic E-state index is 0.149. The summed E-state index contributed by atoms with van der Waals surface area (Å²) in [6, 6.07) is 9.05. The Labute approximate surface area is 87.5 Å². The predicted molar refractivity (Wildman–Crippen MR) is 55.3 cm³/mol. The van der Waals surface area contributed by atoms with Crippen LogP contribution in [0.2, 0.25) is 0 Å². The molecule has 5 nitrogen and oxygen atoms in total. The number of hydrogen-bond acceptors (Lipinski definition) is 4. The molecular formula is C10H12N2O3. The van der Waals surface area contributed by atoms with Crippen molar-refractivity contribution in [3.8, 4) is 0 Å². The van der Waals surface area contributed by atoms with Crippen molar-refractivity contribution < 1.29 is 14.3 Å². The van der Waals surface area contributed by atoms with Gasteiger partial charge in [0.25, 0.3) is 6.02 Å². The largest absolute Gasteiger partial charge is 0.516 e. The van der Waals surface area contributed by atoms with Gasteiger partial charge in [-0.2, -0.15) is 0 Å². The van der Waals surface area contributed by atoms with Gasteiger partial charge >= 0.3 is 6.16 Å². The summed E-state index contributed by atoms with van der Waals surface area (Å²) in [5.74, 6) is 0. The normalized spacial score (nSPS) is 10.9. The first-order chi connectivity index (χ1) is 7.22. The Bertz CT molecular complexity index is 349. The minimum Gasteiger partial charge on any atom is -0.429 e. The van der Waals surface area contributed by atoms with Crippen molar-refractivity contribution in [3.05, 3.63) is 35.9 Å². The third kappa shape index (κ3) is 4.12. The molecule has 0 radical (unpaired) electrons. The highest BCUT2D eigenvalue weighted by Crippen LogP contribution is 2.01. The Morgan fingerprint density at radius 3 is 2.67 bits per heavy atom. The van der Waals surface area contributed by atoms with E-state index >= 15 is 0 Å². The molecule has 0 atom stereocenters. The van der Waals surface area contributed by atoms with E-state index in [4.69, 9.17) is 10.5 Å². The van der Waals surface area contributed by atoms with Gasteiger partial charge in [0.15, 0.2) is 0 Å². The number of ether oxygens (including phenoxy) is 2. The number of nitrogens with zero attached hydrogens (tertiary/aromatic N) is 1. The molecule has 0 aliphatic carbocycles. The maximum Gasteiger partial charge on any atom is 0.516 e. The molecule has 1 aromatic carbocycles. The van der Waals surface area contributed by atoms with E-state index < -0.39 is 6.16 Å². The fourth-order valence-electron chi connectivity index (χ4n) is 0.877. The van der Waals surface area contributed by atoms with Crippen LogP contribution in [0.3, 0.4) is 0 Å². The van der Waals surface area contributed by atoms with Gasteiger partial charge in [0.05, 0.1) is 0 Å². The van der Waals surface area contributed by atoms with Crippen molar-refractivity contribution in [2.45, 2.75) is 6.61 Å². The number of amidine groups is 1. The van der Waals surface area contributed by atoms with E-state index in [9.17, 15) is 4.79 Å². The summed E-state index contributed by atoms with van der Waals surface area (Å²) in [5, 5.41) is 0. The van der Waals surface area contributed by atoms with Crippen LogP contribution < -0.4 is 5.73 Å². The summed E-state index contributed by atoms with van der Waals surface area (Å²) in [6.45, 7) is 0.149. The number of carbonyl (C=O) groups is 1. The lowest BCUT2D eigenvalue weighted by atomic mass is 10.2. The van der Waals surface area contributed by atoms with Crippen LogP contribution in [0.25, 0.3) is 0 Å². The summed E-state index contributed by atoms with van der Waals surface area (Å²) in [6.07, 6.45) is -0.859. The van der Waals surface area contributed by atoms with Gasteiger partial charge in [-0.05, 0) is 5.56 Å². The molecule has 0 heterocycles. The van der Waals surface area contributed by atoms with E-state index in [2.05, 4.69) is 9.73 Å². The summed E-state index contributed by atoms with van der Waals surface area (Å²) in [7, 11) is 1.42. The van der Waals surface area contributed by atoms with Crippen molar-refractivity contribution >= 4 is 12.2 Å². The molecule has 0 saturated carbocycles. The van der Waals surface area contributed by atoms with E-state index in [-0.39, 0.29) is 12.6 Å². The monoisotopic (exact) mass is 208 g/mol. The zero-order valence-corrected chi connectivity index (χ0v) is 8.34. The van der Waals surface area contributed by atoms with Crippen molar-refractivity contribution in [1.29, 1.82) is 0 Å². The lowest BCUT2D eigenvalue weighted by Gasteiger charge is -2.04. The molecule has 2 N–H and O–H groups in total. The fourth-order valence-corrected chi connectivity index (χ4v) is 0.877. The van der Waals surface area contributed by atoms with E-state index in [1.165, 1.54) is 7.05 Å². The second-order valence-electron chi connectivity index (χ2n) is 2.69. The highest BCUT2D eigenvalue weighted by Gasteiger charge is 2.06. The Kier molecular flexibility index (Phi) is 4.15. The van der Waals surface area contributed by atoms with Crippen molar-refractivity contribution in [2.24, 2.45) is 10.7 Å². The smallest absolute Gasteiger partial charge is 0.429 e. The standard InChI is InChI=1S/C10H12N2O3/c1-12-9(11)15-10(13)14-7-8-5-3-2-4-6-8/h2-6H,7H2,1H3,(H2,11,12). The summed E-state index contributed by atoms with van der Waals surface area (Å²) >= 11 is 0. The molecule has 0 aliphatic heterocycles. The lowest BCUT2D eigenvalue weighted by molar-refractivity contribution is 0.0886. The molecule has 0 amide bonds. The summed E-state index contributed by atoms with van der Waals surface area (Å²) < 4.78 is 9.27. The predicted octanol–water partition coefficient (Wildman–Crippen LogP) is 1.28. The van der Waals surface area contributed by atoms with Crippen LogP contribution >= 0.6 is 0 Å². The molecule has 1 aromatic rings. The van der Waals surface area contributed by atoms with Crippen LogP contribution in [0.5, 0.6) is 0 Å². The number of benzene rings is 1. The summed E-state index contributed by atoms with van der Waals surface area (Å²) in [4.78, 5) is 14.4. The van der Waals surface area contributed by atoms with E-state index in [1.54, 1.807) is 0 Å². The van der Waals surface area contributed by atoms with Gasteiger partial charge in [0.2, 0.25) is 0 Å². The number of rotatable bonds is 2. The molecular weight excluding hydrogens is 196 g/mol. The van der Waals surface area contributed by atoms with Gasteiger partial charge in [-0.25, -0.2) is 9.79 Å². The Morgan fingerprint density at radius 2 is 2.07 bits per heavy atom. The minimum atomic E-state index is -0.859. The van der Waals surface area contributed by atoms with Gasteiger partial charge in [-0.3, -0.25) is 0 Å². The first-order valence-corrected chi connectivity index (χ1v) is 4.33. The third-order valence-electron chi connectivity index (χ3n) is 1.61. The molecule has 1 rings (SSSR count). The molecule has 0 spiro atoms. The Morgan fingerprint density at radius 1 is 1.40 bits per heavy atom. The Hall–Kier alpha value is -2.04. The SMILES string of the molecule is CN=C(N)OC(=O)OCc1ccccc1. The van der Waals surface area contributed by atoms with Gasteiger partial charge in [-0.15, -0.1) is 0 Å². The van der Waals surface area contributed by atoms with Crippen LogP contribution in [0, 0.1) is 0 Å². The molecule has 0 unspecified atom stereocenters. The molecule has 0 aromatic heterocycles. The zero-order valence-electron chi connectivity index (χ0n) is 8.34. The van der Waals surface area contributed by atoms with E-state index in [1.807, 2.05) is 30.3 Å². The quantitative estimate of drug-likeness (QED) is 0.451. The van der Waals surface area contributed by atoms with Gasteiger partial charge < -0.3 is 15.2 Å². The van der Waals surface area contributed by atoms with Crippen molar-refractivity contribution in [3.63, 3.8) is 0 Å². The van der Waals surface area contributed by atoms with E-state index in [0.29, 0.717) is 0 Å².